The summed E-state index contributed by atoms with van der Waals surface area (Å²) in [5, 5.41) is 0. The Morgan fingerprint density at radius 1 is 0.781 bits per heavy atom. The molecular formula is C27H22N4O. The first kappa shape index (κ1) is 19.0. The van der Waals surface area contributed by atoms with Crippen molar-refractivity contribution in [2.24, 2.45) is 5.92 Å². The molecule has 0 aliphatic heterocycles. The Kier molecular flexibility index (Phi) is 4.42. The molecule has 1 spiro atoms. The van der Waals surface area contributed by atoms with Crippen molar-refractivity contribution < 1.29 is 4.79 Å². The van der Waals surface area contributed by atoms with Gasteiger partial charge in [0.2, 0.25) is 0 Å². The van der Waals surface area contributed by atoms with Crippen molar-refractivity contribution >= 4 is 5.78 Å². The van der Waals surface area contributed by atoms with E-state index in [9.17, 15) is 4.79 Å². The number of ketones is 1. The second-order valence-corrected chi connectivity index (χ2v) is 8.72. The quantitative estimate of drug-likeness (QED) is 0.489. The molecule has 2 atom stereocenters. The molecule has 0 radical (unpaired) electrons. The normalized spacial score (nSPS) is 20.7. The van der Waals surface area contributed by atoms with E-state index < -0.39 is 5.41 Å². The maximum atomic E-state index is 13.1. The lowest BCUT2D eigenvalue weighted by atomic mass is 9.53. The van der Waals surface area contributed by atoms with Crippen LogP contribution in [0.2, 0.25) is 0 Å². The number of carbonyl (C=O) groups is 1. The molecule has 32 heavy (non-hydrogen) atoms. The summed E-state index contributed by atoms with van der Waals surface area (Å²) in [5.41, 5.74) is 6.03. The smallest absolute Gasteiger partial charge is 0.133 e. The summed E-state index contributed by atoms with van der Waals surface area (Å²) >= 11 is 0. The van der Waals surface area contributed by atoms with Gasteiger partial charge in [0.05, 0.1) is 11.4 Å². The number of Topliss-reactive ketones (excluding diaryl/α,β-unsaturated/α-hetero) is 1. The minimum Gasteiger partial charge on any atom is -0.300 e. The van der Waals surface area contributed by atoms with Gasteiger partial charge in [-0.3, -0.25) is 24.7 Å². The van der Waals surface area contributed by atoms with Crippen LogP contribution in [0.1, 0.15) is 41.0 Å². The number of hydrogen-bond acceptors (Lipinski definition) is 5. The van der Waals surface area contributed by atoms with Gasteiger partial charge in [-0.1, -0.05) is 24.3 Å². The number of carbonyl (C=O) groups excluding carboxylic acids is 1. The summed E-state index contributed by atoms with van der Waals surface area (Å²) < 4.78 is 0. The van der Waals surface area contributed by atoms with Gasteiger partial charge in [0, 0.05) is 61.4 Å². The van der Waals surface area contributed by atoms with Crippen LogP contribution >= 0.6 is 0 Å². The Morgan fingerprint density at radius 3 is 2.06 bits per heavy atom. The van der Waals surface area contributed by atoms with Gasteiger partial charge < -0.3 is 0 Å². The Morgan fingerprint density at radius 2 is 1.44 bits per heavy atom. The van der Waals surface area contributed by atoms with Crippen molar-refractivity contribution in [3.63, 3.8) is 0 Å². The average molecular weight is 419 g/mol. The highest BCUT2D eigenvalue weighted by atomic mass is 16.1. The Labute approximate surface area is 186 Å². The maximum Gasteiger partial charge on any atom is 0.133 e. The molecule has 6 rings (SSSR count). The van der Waals surface area contributed by atoms with Crippen LogP contribution in [0.25, 0.3) is 11.4 Å². The van der Waals surface area contributed by atoms with Crippen molar-refractivity contribution in [1.82, 2.24) is 19.9 Å². The molecule has 2 aliphatic carbocycles. The van der Waals surface area contributed by atoms with E-state index in [0.717, 1.165) is 28.9 Å². The fraction of sp³-hybridized carbons (Fsp3) is 0.222. The maximum absolute atomic E-state index is 13.1. The van der Waals surface area contributed by atoms with Crippen LogP contribution in [-0.4, -0.2) is 25.7 Å². The first-order chi connectivity index (χ1) is 15.8. The third-order valence-electron chi connectivity index (χ3n) is 7.12. The predicted molar refractivity (Wildman–Crippen MR) is 121 cm³/mol. The molecule has 0 N–H and O–H groups in total. The summed E-state index contributed by atoms with van der Waals surface area (Å²) in [6, 6.07) is 16.5. The zero-order chi connectivity index (χ0) is 21.5. The third kappa shape index (κ3) is 2.74. The topological polar surface area (TPSA) is 68.6 Å². The highest BCUT2D eigenvalue weighted by Gasteiger charge is 2.57. The minimum atomic E-state index is -0.403. The van der Waals surface area contributed by atoms with Crippen LogP contribution in [0, 0.1) is 5.92 Å². The van der Waals surface area contributed by atoms with Crippen LogP contribution in [0.4, 0.5) is 0 Å². The summed E-state index contributed by atoms with van der Waals surface area (Å²) in [6.07, 6.45) is 12.8. The van der Waals surface area contributed by atoms with Gasteiger partial charge in [-0.25, -0.2) is 0 Å². The number of hydrogen-bond donors (Lipinski definition) is 0. The van der Waals surface area contributed by atoms with Crippen molar-refractivity contribution in [3.05, 3.63) is 108 Å². The largest absolute Gasteiger partial charge is 0.300 e. The van der Waals surface area contributed by atoms with Gasteiger partial charge in [-0.2, -0.15) is 0 Å². The van der Waals surface area contributed by atoms with Crippen molar-refractivity contribution in [1.29, 1.82) is 0 Å². The lowest BCUT2D eigenvalue weighted by Crippen LogP contribution is -2.47. The molecule has 4 aromatic rings. The van der Waals surface area contributed by atoms with Gasteiger partial charge in [0.25, 0.3) is 0 Å². The van der Waals surface area contributed by atoms with E-state index in [2.05, 4.69) is 34.2 Å². The molecule has 2 aliphatic rings. The first-order valence-corrected chi connectivity index (χ1v) is 11.0. The Balaban J connectivity index is 1.65. The van der Waals surface area contributed by atoms with Crippen molar-refractivity contribution in [2.75, 3.05) is 0 Å². The molecule has 4 aromatic heterocycles. The average Bonchev–Trinajstić information content (AvgIpc) is 3.14. The molecule has 0 bridgehead atoms. The standard InChI is InChI=1S/C27H22N4O/c32-21-14-20(13-18-5-1-9-28-16-18)27(24(15-21)19-6-2-10-29-17-19)22-7-3-11-30-25(22)26-23(27)8-4-12-31-26/h1-12,16-17,20,24H,13-15H2. The lowest BCUT2D eigenvalue weighted by molar-refractivity contribution is -0.123. The van der Waals surface area contributed by atoms with Gasteiger partial charge in [-0.15, -0.1) is 0 Å². The second kappa shape index (κ2) is 7.45. The molecule has 0 aromatic carbocycles. The van der Waals surface area contributed by atoms with Crippen LogP contribution in [-0.2, 0) is 16.6 Å². The number of rotatable bonds is 3. The molecule has 5 heteroatoms. The minimum absolute atomic E-state index is 0.0347. The van der Waals surface area contributed by atoms with Crippen LogP contribution in [0.3, 0.4) is 0 Å². The summed E-state index contributed by atoms with van der Waals surface area (Å²) in [4.78, 5) is 31.4. The van der Waals surface area contributed by atoms with Gasteiger partial charge in [-0.05, 0) is 58.9 Å². The Bertz CT molecular complexity index is 1240. The second-order valence-electron chi connectivity index (χ2n) is 8.72. The monoisotopic (exact) mass is 418 g/mol. The summed E-state index contributed by atoms with van der Waals surface area (Å²) in [7, 11) is 0. The van der Waals surface area contributed by atoms with Gasteiger partial charge in [0.1, 0.15) is 5.78 Å². The molecular weight excluding hydrogens is 396 g/mol. The van der Waals surface area contributed by atoms with Crippen LogP contribution in [0.15, 0.2) is 85.7 Å². The lowest BCUT2D eigenvalue weighted by Gasteiger charge is -2.48. The highest BCUT2D eigenvalue weighted by molar-refractivity contribution is 5.85. The molecule has 1 fully saturated rings. The van der Waals surface area contributed by atoms with E-state index in [1.165, 1.54) is 11.1 Å². The van der Waals surface area contributed by atoms with Crippen molar-refractivity contribution in [2.45, 2.75) is 30.6 Å². The van der Waals surface area contributed by atoms with E-state index in [1.807, 2.05) is 49.1 Å². The van der Waals surface area contributed by atoms with E-state index in [-0.39, 0.29) is 11.8 Å². The van der Waals surface area contributed by atoms with Gasteiger partial charge in [0.15, 0.2) is 0 Å². The number of pyridine rings is 4. The molecule has 156 valence electrons. The molecule has 0 saturated heterocycles. The zero-order valence-corrected chi connectivity index (χ0v) is 17.6. The number of fused-ring (bicyclic) bond motifs is 5. The van der Waals surface area contributed by atoms with E-state index in [4.69, 9.17) is 9.97 Å². The predicted octanol–water partition coefficient (Wildman–Crippen LogP) is 4.54. The fourth-order valence-electron chi connectivity index (χ4n) is 6.01. The molecule has 1 saturated carbocycles. The molecule has 5 nitrogen and oxygen atoms in total. The number of aromatic nitrogens is 4. The molecule has 2 unspecified atom stereocenters. The number of nitrogens with zero attached hydrogens (tertiary/aromatic N) is 4. The van der Waals surface area contributed by atoms with E-state index in [0.29, 0.717) is 18.6 Å². The molecule has 4 heterocycles. The SMILES string of the molecule is O=C1CC(Cc2cccnc2)C2(c3cccnc3-c3ncccc32)C(c2cccnc2)C1. The molecule has 0 amide bonds. The van der Waals surface area contributed by atoms with Gasteiger partial charge >= 0.3 is 0 Å². The highest BCUT2D eigenvalue weighted by Crippen LogP contribution is 2.62. The fourth-order valence-corrected chi connectivity index (χ4v) is 6.01. The summed E-state index contributed by atoms with van der Waals surface area (Å²) in [6.45, 7) is 0. The van der Waals surface area contributed by atoms with Crippen LogP contribution < -0.4 is 0 Å². The zero-order valence-electron chi connectivity index (χ0n) is 17.6. The first-order valence-electron chi connectivity index (χ1n) is 11.0. The van der Waals surface area contributed by atoms with Crippen molar-refractivity contribution in [3.8, 4) is 11.4 Å². The summed E-state index contributed by atoms with van der Waals surface area (Å²) in [5.74, 6) is 0.320. The third-order valence-corrected chi connectivity index (χ3v) is 7.12. The van der Waals surface area contributed by atoms with E-state index in [1.54, 1.807) is 12.4 Å². The van der Waals surface area contributed by atoms with Crippen LogP contribution in [0.5, 0.6) is 0 Å². The Hall–Kier alpha value is -3.73. The van der Waals surface area contributed by atoms with E-state index >= 15 is 0 Å².